The number of ether oxygens (including phenoxy) is 1. The second kappa shape index (κ2) is 10.4. The molecule has 4 nitrogen and oxygen atoms in total. The first-order valence-corrected chi connectivity index (χ1v) is 5.78. The van der Waals surface area contributed by atoms with Crippen LogP contribution in [0.4, 0.5) is 0 Å². The van der Waals surface area contributed by atoms with Gasteiger partial charge in [0.05, 0.1) is 18.8 Å². The van der Waals surface area contributed by atoms with Gasteiger partial charge in [0.15, 0.2) is 0 Å². The van der Waals surface area contributed by atoms with E-state index in [4.69, 9.17) is 4.74 Å². The Morgan fingerprint density at radius 3 is 2.12 bits per heavy atom. The van der Waals surface area contributed by atoms with Crippen molar-refractivity contribution >= 4 is 24.8 Å². The van der Waals surface area contributed by atoms with Crippen molar-refractivity contribution in [3.8, 4) is 0 Å². The van der Waals surface area contributed by atoms with Crippen molar-refractivity contribution < 1.29 is 9.84 Å². The van der Waals surface area contributed by atoms with Gasteiger partial charge < -0.3 is 14.7 Å². The van der Waals surface area contributed by atoms with E-state index < -0.39 is 0 Å². The summed E-state index contributed by atoms with van der Waals surface area (Å²) in [7, 11) is 2.13. The van der Waals surface area contributed by atoms with Crippen LogP contribution in [0, 0.1) is 0 Å². The second-order valence-electron chi connectivity index (χ2n) is 4.64. The fourth-order valence-corrected chi connectivity index (χ4v) is 1.68. The fraction of sp³-hybridized carbons (Fsp3) is 1.00. The maximum atomic E-state index is 9.74. The molecule has 1 saturated heterocycles. The number of hydrogen-bond donors (Lipinski definition) is 1. The maximum absolute atomic E-state index is 9.74. The third-order valence-electron chi connectivity index (χ3n) is 2.69. The number of aliphatic hydroxyl groups is 1. The van der Waals surface area contributed by atoms with Crippen LogP contribution in [-0.4, -0.2) is 73.5 Å². The van der Waals surface area contributed by atoms with E-state index in [9.17, 15) is 5.11 Å². The lowest BCUT2D eigenvalue weighted by atomic mass is 10.3. The number of likely N-dealkylation sites (N-methyl/N-ethyl adjacent to an activating group) is 1. The van der Waals surface area contributed by atoms with E-state index in [0.717, 1.165) is 32.7 Å². The Hall–Kier alpha value is 0.420. The van der Waals surface area contributed by atoms with Gasteiger partial charge in [-0.1, -0.05) is 0 Å². The largest absolute Gasteiger partial charge is 0.389 e. The summed E-state index contributed by atoms with van der Waals surface area (Å²) >= 11 is 0. The number of nitrogens with zero attached hydrogens (tertiary/aromatic N) is 2. The van der Waals surface area contributed by atoms with Crippen molar-refractivity contribution in [1.82, 2.24) is 9.80 Å². The first-order valence-electron chi connectivity index (χ1n) is 5.78. The van der Waals surface area contributed by atoms with Gasteiger partial charge in [0, 0.05) is 32.7 Å². The molecule has 0 spiro atoms. The molecule has 1 atom stereocenters. The van der Waals surface area contributed by atoms with Gasteiger partial charge in [-0.25, -0.2) is 0 Å². The van der Waals surface area contributed by atoms with Crippen LogP contribution in [0.5, 0.6) is 0 Å². The monoisotopic (exact) mass is 288 g/mol. The highest BCUT2D eigenvalue weighted by molar-refractivity contribution is 5.85. The van der Waals surface area contributed by atoms with E-state index >= 15 is 0 Å². The van der Waals surface area contributed by atoms with E-state index in [-0.39, 0.29) is 37.0 Å². The summed E-state index contributed by atoms with van der Waals surface area (Å²) in [6.07, 6.45) is -0.150. The van der Waals surface area contributed by atoms with Gasteiger partial charge >= 0.3 is 0 Å². The predicted molar refractivity (Wildman–Crippen MR) is 75.5 cm³/mol. The molecular weight excluding hydrogens is 263 g/mol. The summed E-state index contributed by atoms with van der Waals surface area (Å²) in [6, 6.07) is 0. The van der Waals surface area contributed by atoms with Crippen molar-refractivity contribution in [1.29, 1.82) is 0 Å². The molecule has 0 amide bonds. The van der Waals surface area contributed by atoms with E-state index in [1.807, 2.05) is 13.8 Å². The molecule has 1 heterocycles. The lowest BCUT2D eigenvalue weighted by Crippen LogP contribution is -2.47. The van der Waals surface area contributed by atoms with Crippen molar-refractivity contribution in [3.05, 3.63) is 0 Å². The molecule has 0 aromatic rings. The van der Waals surface area contributed by atoms with Gasteiger partial charge in [-0.2, -0.15) is 0 Å². The molecule has 1 fully saturated rings. The standard InChI is InChI=1S/C11H24N2O2.2ClH/c1-10(2)15-9-11(14)8-13-6-4-12(3)5-7-13;;/h10-11,14H,4-9H2,1-3H3;2*1H. The molecule has 6 heteroatoms. The average molecular weight is 289 g/mol. The van der Waals surface area contributed by atoms with Gasteiger partial charge in [0.2, 0.25) is 0 Å². The molecule has 1 aliphatic heterocycles. The van der Waals surface area contributed by atoms with Crippen LogP contribution in [0.1, 0.15) is 13.8 Å². The summed E-state index contributed by atoms with van der Waals surface area (Å²) in [5.74, 6) is 0. The Bertz CT molecular complexity index is 177. The Morgan fingerprint density at radius 2 is 1.65 bits per heavy atom. The molecule has 1 unspecified atom stereocenters. The number of aliphatic hydroxyl groups excluding tert-OH is 1. The van der Waals surface area contributed by atoms with Gasteiger partial charge in [-0.3, -0.25) is 4.90 Å². The molecule has 0 aromatic carbocycles. The second-order valence-corrected chi connectivity index (χ2v) is 4.64. The van der Waals surface area contributed by atoms with Crippen LogP contribution in [0.25, 0.3) is 0 Å². The molecular formula is C11H26Cl2N2O2. The van der Waals surface area contributed by atoms with Gasteiger partial charge in [0.1, 0.15) is 0 Å². The van der Waals surface area contributed by atoms with E-state index in [1.165, 1.54) is 0 Å². The van der Waals surface area contributed by atoms with Crippen LogP contribution >= 0.6 is 24.8 Å². The summed E-state index contributed by atoms with van der Waals surface area (Å²) in [4.78, 5) is 4.61. The fourth-order valence-electron chi connectivity index (χ4n) is 1.68. The topological polar surface area (TPSA) is 35.9 Å². The Kier molecular flexibility index (Phi) is 12.0. The van der Waals surface area contributed by atoms with E-state index in [1.54, 1.807) is 0 Å². The molecule has 17 heavy (non-hydrogen) atoms. The molecule has 0 aliphatic carbocycles. The quantitative estimate of drug-likeness (QED) is 0.814. The van der Waals surface area contributed by atoms with Crippen LogP contribution < -0.4 is 0 Å². The highest BCUT2D eigenvalue weighted by Crippen LogP contribution is 2.01. The summed E-state index contributed by atoms with van der Waals surface area (Å²) < 4.78 is 5.38. The minimum atomic E-state index is -0.351. The Balaban J connectivity index is 0. The predicted octanol–water partition coefficient (Wildman–Crippen LogP) is 0.863. The van der Waals surface area contributed by atoms with Crippen molar-refractivity contribution in [2.45, 2.75) is 26.1 Å². The lowest BCUT2D eigenvalue weighted by molar-refractivity contribution is -0.0134. The number of piperazine rings is 1. The molecule has 0 radical (unpaired) electrons. The van der Waals surface area contributed by atoms with Crippen LogP contribution in [0.2, 0.25) is 0 Å². The van der Waals surface area contributed by atoms with Crippen LogP contribution in [0.3, 0.4) is 0 Å². The number of hydrogen-bond acceptors (Lipinski definition) is 4. The van der Waals surface area contributed by atoms with Gasteiger partial charge in [-0.15, -0.1) is 24.8 Å². The summed E-state index contributed by atoms with van der Waals surface area (Å²) in [5.41, 5.74) is 0. The van der Waals surface area contributed by atoms with Crippen LogP contribution in [0.15, 0.2) is 0 Å². The minimum absolute atomic E-state index is 0. The molecule has 1 aliphatic rings. The third kappa shape index (κ3) is 9.05. The first-order chi connectivity index (χ1) is 7.08. The smallest absolute Gasteiger partial charge is 0.0900 e. The highest BCUT2D eigenvalue weighted by atomic mass is 35.5. The first kappa shape index (κ1) is 19.8. The molecule has 0 saturated carbocycles. The van der Waals surface area contributed by atoms with Crippen molar-refractivity contribution in [3.63, 3.8) is 0 Å². The summed E-state index contributed by atoms with van der Waals surface area (Å²) in [5, 5.41) is 9.74. The van der Waals surface area contributed by atoms with Crippen molar-refractivity contribution in [2.75, 3.05) is 46.4 Å². The molecule has 1 N–H and O–H groups in total. The SMILES string of the molecule is CC(C)OCC(O)CN1CCN(C)CC1.Cl.Cl. The zero-order chi connectivity index (χ0) is 11.3. The Labute approximate surface area is 117 Å². The minimum Gasteiger partial charge on any atom is -0.389 e. The van der Waals surface area contributed by atoms with E-state index in [0.29, 0.717) is 6.61 Å². The highest BCUT2D eigenvalue weighted by Gasteiger charge is 2.17. The van der Waals surface area contributed by atoms with E-state index in [2.05, 4.69) is 16.8 Å². The average Bonchev–Trinajstić information content (AvgIpc) is 2.19. The molecule has 1 rings (SSSR count). The molecule has 106 valence electrons. The zero-order valence-electron chi connectivity index (χ0n) is 11.0. The number of β-amino-alcohol motifs (C(OH)–C–C–N with tert-alkyl or cyclic N) is 1. The van der Waals surface area contributed by atoms with Crippen molar-refractivity contribution in [2.24, 2.45) is 0 Å². The summed E-state index contributed by atoms with van der Waals surface area (Å²) in [6.45, 7) is 9.45. The lowest BCUT2D eigenvalue weighted by Gasteiger charge is -2.33. The normalized spacial score (nSPS) is 19.6. The van der Waals surface area contributed by atoms with Crippen LogP contribution in [-0.2, 0) is 4.74 Å². The zero-order valence-corrected chi connectivity index (χ0v) is 12.6. The van der Waals surface area contributed by atoms with Gasteiger partial charge in [0.25, 0.3) is 0 Å². The molecule has 0 aromatic heterocycles. The maximum Gasteiger partial charge on any atom is 0.0900 e. The Morgan fingerprint density at radius 1 is 1.12 bits per heavy atom. The molecule has 0 bridgehead atoms. The number of halogens is 2. The third-order valence-corrected chi connectivity index (χ3v) is 2.69. The van der Waals surface area contributed by atoms with Gasteiger partial charge in [-0.05, 0) is 20.9 Å². The number of rotatable bonds is 5.